The number of likely N-dealkylation sites (N-methyl/N-ethyl adjacent to an activating group) is 1. The summed E-state index contributed by atoms with van der Waals surface area (Å²) in [4.78, 5) is 12.1. The Balaban J connectivity index is 1.61. The molecule has 10 nitrogen and oxygen atoms in total. The highest BCUT2D eigenvalue weighted by molar-refractivity contribution is 7.89. The lowest BCUT2D eigenvalue weighted by atomic mass is 10.2. The molecule has 0 aliphatic carbocycles. The van der Waals surface area contributed by atoms with Crippen LogP contribution in [0.25, 0.3) is 0 Å². The number of carbonyl (C=O) groups is 1. The maximum Gasteiger partial charge on any atom is 0.255 e. The normalized spacial score (nSPS) is 12.9. The highest BCUT2D eigenvalue weighted by Crippen LogP contribution is 2.32. The molecule has 30 heavy (non-hydrogen) atoms. The van der Waals surface area contributed by atoms with Gasteiger partial charge in [0.1, 0.15) is 0 Å². The SMILES string of the molecule is COc1ccc(S(=O)(=O)N(C)CC(=O)N/N=C\c2ccc3c(c2)OCO3)cc1OC. The molecule has 160 valence electrons. The summed E-state index contributed by atoms with van der Waals surface area (Å²) in [5.74, 6) is 1.29. The van der Waals surface area contributed by atoms with Crippen LogP contribution in [0, 0.1) is 0 Å². The number of hydrazone groups is 1. The Morgan fingerprint density at radius 2 is 1.87 bits per heavy atom. The van der Waals surface area contributed by atoms with Crippen LogP contribution in [0.4, 0.5) is 0 Å². The molecule has 0 spiro atoms. The predicted molar refractivity (Wildman–Crippen MR) is 108 cm³/mol. The van der Waals surface area contributed by atoms with Gasteiger partial charge in [0, 0.05) is 13.1 Å². The average Bonchev–Trinajstić information content (AvgIpc) is 3.21. The van der Waals surface area contributed by atoms with Gasteiger partial charge in [-0.1, -0.05) is 0 Å². The van der Waals surface area contributed by atoms with Gasteiger partial charge >= 0.3 is 0 Å². The molecule has 0 saturated carbocycles. The van der Waals surface area contributed by atoms with Crippen molar-refractivity contribution in [2.75, 3.05) is 34.6 Å². The van der Waals surface area contributed by atoms with E-state index >= 15 is 0 Å². The van der Waals surface area contributed by atoms with Crippen molar-refractivity contribution in [3.8, 4) is 23.0 Å². The van der Waals surface area contributed by atoms with Crippen LogP contribution in [-0.4, -0.2) is 59.4 Å². The zero-order valence-electron chi connectivity index (χ0n) is 16.6. The topological polar surface area (TPSA) is 116 Å². The van der Waals surface area contributed by atoms with Crippen LogP contribution in [-0.2, 0) is 14.8 Å². The van der Waals surface area contributed by atoms with E-state index in [0.29, 0.717) is 22.8 Å². The van der Waals surface area contributed by atoms with E-state index in [-0.39, 0.29) is 17.4 Å². The quantitative estimate of drug-likeness (QED) is 0.489. The lowest BCUT2D eigenvalue weighted by Gasteiger charge is -2.17. The number of hydrogen-bond donors (Lipinski definition) is 1. The van der Waals surface area contributed by atoms with Gasteiger partial charge < -0.3 is 18.9 Å². The van der Waals surface area contributed by atoms with Crippen LogP contribution in [0.1, 0.15) is 5.56 Å². The minimum atomic E-state index is -3.92. The molecule has 2 aromatic carbocycles. The molecule has 1 N–H and O–H groups in total. The van der Waals surface area contributed by atoms with E-state index in [1.54, 1.807) is 18.2 Å². The lowest BCUT2D eigenvalue weighted by Crippen LogP contribution is -2.36. The van der Waals surface area contributed by atoms with E-state index in [1.165, 1.54) is 45.7 Å². The van der Waals surface area contributed by atoms with E-state index < -0.39 is 22.5 Å². The zero-order valence-corrected chi connectivity index (χ0v) is 17.4. The van der Waals surface area contributed by atoms with Crippen molar-refractivity contribution in [3.63, 3.8) is 0 Å². The molecule has 0 radical (unpaired) electrons. The van der Waals surface area contributed by atoms with Gasteiger partial charge in [-0.05, 0) is 35.9 Å². The average molecular weight is 435 g/mol. The first-order chi connectivity index (χ1) is 14.3. The number of ether oxygens (including phenoxy) is 4. The van der Waals surface area contributed by atoms with Crippen LogP contribution in [0.5, 0.6) is 23.0 Å². The number of rotatable bonds is 8. The molecule has 1 amide bonds. The van der Waals surface area contributed by atoms with E-state index in [2.05, 4.69) is 10.5 Å². The first kappa shape index (κ1) is 21.4. The summed E-state index contributed by atoms with van der Waals surface area (Å²) < 4.78 is 47.1. The zero-order chi connectivity index (χ0) is 21.7. The second kappa shape index (κ2) is 9.01. The maximum atomic E-state index is 12.7. The van der Waals surface area contributed by atoms with E-state index in [0.717, 1.165) is 4.31 Å². The smallest absolute Gasteiger partial charge is 0.255 e. The minimum absolute atomic E-state index is 0.0284. The molecular formula is C19H21N3O7S. The van der Waals surface area contributed by atoms with E-state index in [1.807, 2.05) is 0 Å². The molecule has 0 aromatic heterocycles. The van der Waals surface area contributed by atoms with Gasteiger partial charge in [-0.2, -0.15) is 9.41 Å². The molecule has 1 aliphatic rings. The van der Waals surface area contributed by atoms with Crippen molar-refractivity contribution in [1.82, 2.24) is 9.73 Å². The van der Waals surface area contributed by atoms with Crippen molar-refractivity contribution >= 4 is 22.1 Å². The highest BCUT2D eigenvalue weighted by atomic mass is 32.2. The number of carbonyl (C=O) groups excluding carboxylic acids is 1. The Hall–Kier alpha value is -3.31. The van der Waals surface area contributed by atoms with E-state index in [4.69, 9.17) is 18.9 Å². The van der Waals surface area contributed by atoms with Crippen molar-refractivity contribution in [2.45, 2.75) is 4.90 Å². The van der Waals surface area contributed by atoms with Gasteiger partial charge in [-0.3, -0.25) is 4.79 Å². The number of nitrogens with zero attached hydrogens (tertiary/aromatic N) is 2. The second-order valence-corrected chi connectivity index (χ2v) is 8.23. The van der Waals surface area contributed by atoms with Crippen LogP contribution in [0.15, 0.2) is 46.4 Å². The standard InChI is InChI=1S/C19H21N3O7S/c1-22(30(24,25)14-5-7-15(26-2)17(9-14)27-3)11-19(23)21-20-10-13-4-6-16-18(8-13)29-12-28-16/h4-10H,11-12H2,1-3H3,(H,21,23)/b20-10-. The fraction of sp³-hybridized carbons (Fsp3) is 0.263. The van der Waals surface area contributed by atoms with Gasteiger partial charge in [0.2, 0.25) is 16.8 Å². The number of methoxy groups -OCH3 is 2. The van der Waals surface area contributed by atoms with Gasteiger partial charge in [0.05, 0.1) is 31.9 Å². The van der Waals surface area contributed by atoms with Crippen LogP contribution < -0.4 is 24.4 Å². The first-order valence-electron chi connectivity index (χ1n) is 8.75. The van der Waals surface area contributed by atoms with Crippen molar-refractivity contribution < 1.29 is 32.2 Å². The first-order valence-corrected chi connectivity index (χ1v) is 10.2. The monoisotopic (exact) mass is 435 g/mol. The molecule has 2 aromatic rings. The summed E-state index contributed by atoms with van der Waals surface area (Å²) in [6.45, 7) is -0.261. The third kappa shape index (κ3) is 4.63. The summed E-state index contributed by atoms with van der Waals surface area (Å²) in [5.41, 5.74) is 2.99. The van der Waals surface area contributed by atoms with Gasteiger partial charge in [0.25, 0.3) is 5.91 Å². The summed E-state index contributed by atoms with van der Waals surface area (Å²) in [6, 6.07) is 9.38. The van der Waals surface area contributed by atoms with E-state index in [9.17, 15) is 13.2 Å². The summed E-state index contributed by atoms with van der Waals surface area (Å²) in [7, 11) is 0.235. The lowest BCUT2D eigenvalue weighted by molar-refractivity contribution is -0.121. The van der Waals surface area contributed by atoms with Gasteiger partial charge in [-0.15, -0.1) is 0 Å². The van der Waals surface area contributed by atoms with Gasteiger partial charge in [-0.25, -0.2) is 13.8 Å². The van der Waals surface area contributed by atoms with Crippen LogP contribution in [0.2, 0.25) is 0 Å². The van der Waals surface area contributed by atoms with Crippen molar-refractivity contribution in [3.05, 3.63) is 42.0 Å². The van der Waals surface area contributed by atoms with Gasteiger partial charge in [0.15, 0.2) is 23.0 Å². The van der Waals surface area contributed by atoms with Crippen molar-refractivity contribution in [2.24, 2.45) is 5.10 Å². The Morgan fingerprint density at radius 3 is 2.60 bits per heavy atom. The molecule has 0 fully saturated rings. The Kier molecular flexibility index (Phi) is 6.43. The third-order valence-electron chi connectivity index (χ3n) is 4.23. The molecule has 1 heterocycles. The number of sulfonamides is 1. The summed E-state index contributed by atoms with van der Waals surface area (Å²) >= 11 is 0. The number of nitrogens with one attached hydrogen (secondary N) is 1. The molecule has 3 rings (SSSR count). The van der Waals surface area contributed by atoms with Crippen molar-refractivity contribution in [1.29, 1.82) is 0 Å². The number of benzene rings is 2. The third-order valence-corrected chi connectivity index (χ3v) is 6.03. The predicted octanol–water partition coefficient (Wildman–Crippen LogP) is 1.20. The molecule has 0 saturated heterocycles. The Labute approximate surface area is 174 Å². The minimum Gasteiger partial charge on any atom is -0.493 e. The summed E-state index contributed by atoms with van der Waals surface area (Å²) in [6.07, 6.45) is 1.42. The fourth-order valence-electron chi connectivity index (χ4n) is 2.65. The fourth-order valence-corrected chi connectivity index (χ4v) is 3.79. The molecular weight excluding hydrogens is 414 g/mol. The summed E-state index contributed by atoms with van der Waals surface area (Å²) in [5, 5.41) is 3.85. The molecule has 1 aliphatic heterocycles. The largest absolute Gasteiger partial charge is 0.493 e. The highest BCUT2D eigenvalue weighted by Gasteiger charge is 2.24. The molecule has 0 unspecified atom stereocenters. The molecule has 0 bridgehead atoms. The number of fused-ring (bicyclic) bond motifs is 1. The molecule has 11 heteroatoms. The number of amides is 1. The number of hydrogen-bond acceptors (Lipinski definition) is 8. The second-order valence-electron chi connectivity index (χ2n) is 6.18. The maximum absolute atomic E-state index is 12.7. The van der Waals surface area contributed by atoms with Crippen LogP contribution in [0.3, 0.4) is 0 Å². The van der Waals surface area contributed by atoms with Crippen LogP contribution >= 0.6 is 0 Å². The molecule has 0 atom stereocenters. The Bertz CT molecular complexity index is 1070. The Morgan fingerprint density at radius 1 is 1.13 bits per heavy atom.